The number of methoxy groups -OCH3 is 1. The Balaban J connectivity index is 1.77. The third kappa shape index (κ3) is 8.55. The highest BCUT2D eigenvalue weighted by atomic mass is 16.5. The van der Waals surface area contributed by atoms with Crippen LogP contribution in [0.5, 0.6) is 11.5 Å². The van der Waals surface area contributed by atoms with Gasteiger partial charge in [-0.1, -0.05) is 36.4 Å². The predicted molar refractivity (Wildman–Crippen MR) is 108 cm³/mol. The van der Waals surface area contributed by atoms with Crippen molar-refractivity contribution in [2.45, 2.75) is 38.8 Å². The van der Waals surface area contributed by atoms with Gasteiger partial charge in [0.25, 0.3) is 0 Å². The highest BCUT2D eigenvalue weighted by Gasteiger charge is 2.08. The molecule has 0 fully saturated rings. The number of alkyl carbamates (subject to hydrolysis) is 1. The molecule has 7 nitrogen and oxygen atoms in total. The van der Waals surface area contributed by atoms with Crippen molar-refractivity contribution >= 4 is 12.1 Å². The van der Waals surface area contributed by atoms with Crippen molar-refractivity contribution in [2.75, 3.05) is 13.7 Å². The summed E-state index contributed by atoms with van der Waals surface area (Å²) in [5.41, 5.74) is 1.77. The SMILES string of the molecule is COc1ccc(CNC(=O)OCc2ccccc2)cc1OCCCCCC(=O)O. The first kappa shape index (κ1) is 22.1. The van der Waals surface area contributed by atoms with Crippen LogP contribution in [-0.4, -0.2) is 30.9 Å². The number of hydrogen-bond acceptors (Lipinski definition) is 5. The van der Waals surface area contributed by atoms with Gasteiger partial charge < -0.3 is 24.6 Å². The van der Waals surface area contributed by atoms with Crippen LogP contribution in [0.3, 0.4) is 0 Å². The van der Waals surface area contributed by atoms with Gasteiger partial charge in [-0.05, 0) is 42.5 Å². The van der Waals surface area contributed by atoms with Crippen LogP contribution >= 0.6 is 0 Å². The van der Waals surface area contributed by atoms with Crippen LogP contribution in [0.25, 0.3) is 0 Å². The molecule has 0 radical (unpaired) electrons. The summed E-state index contributed by atoms with van der Waals surface area (Å²) in [4.78, 5) is 22.4. The van der Waals surface area contributed by atoms with Crippen molar-refractivity contribution in [3.8, 4) is 11.5 Å². The average molecular weight is 401 g/mol. The Hall–Kier alpha value is -3.22. The lowest BCUT2D eigenvalue weighted by Crippen LogP contribution is -2.23. The lowest BCUT2D eigenvalue weighted by molar-refractivity contribution is -0.137. The highest BCUT2D eigenvalue weighted by molar-refractivity contribution is 5.67. The summed E-state index contributed by atoms with van der Waals surface area (Å²) >= 11 is 0. The van der Waals surface area contributed by atoms with Crippen molar-refractivity contribution in [3.05, 3.63) is 59.7 Å². The molecule has 29 heavy (non-hydrogen) atoms. The molecule has 2 aromatic carbocycles. The van der Waals surface area contributed by atoms with E-state index in [2.05, 4.69) is 5.32 Å². The van der Waals surface area contributed by atoms with E-state index in [4.69, 9.17) is 19.3 Å². The molecule has 0 aliphatic heterocycles. The Labute approximate surface area is 170 Å². The number of amides is 1. The molecule has 0 unspecified atom stereocenters. The molecule has 1 amide bonds. The minimum Gasteiger partial charge on any atom is -0.493 e. The van der Waals surface area contributed by atoms with Crippen molar-refractivity contribution in [1.82, 2.24) is 5.32 Å². The maximum Gasteiger partial charge on any atom is 0.407 e. The number of nitrogens with one attached hydrogen (secondary N) is 1. The van der Waals surface area contributed by atoms with Crippen LogP contribution in [0.4, 0.5) is 4.79 Å². The number of carbonyl (C=O) groups excluding carboxylic acids is 1. The second-order valence-electron chi connectivity index (χ2n) is 6.45. The summed E-state index contributed by atoms with van der Waals surface area (Å²) in [6, 6.07) is 14.9. The molecule has 0 bridgehead atoms. The van der Waals surface area contributed by atoms with Crippen LogP contribution < -0.4 is 14.8 Å². The summed E-state index contributed by atoms with van der Waals surface area (Å²) < 4.78 is 16.3. The van der Waals surface area contributed by atoms with Gasteiger partial charge in [0.15, 0.2) is 11.5 Å². The predicted octanol–water partition coefficient (Wildman–Crippen LogP) is 4.15. The molecule has 0 spiro atoms. The molecular formula is C22H27NO6. The molecule has 0 atom stereocenters. The van der Waals surface area contributed by atoms with Crippen molar-refractivity contribution in [2.24, 2.45) is 0 Å². The molecule has 2 N–H and O–H groups in total. The Morgan fingerprint density at radius 2 is 1.76 bits per heavy atom. The third-order valence-corrected chi connectivity index (χ3v) is 4.17. The molecule has 0 aromatic heterocycles. The molecule has 7 heteroatoms. The molecule has 0 aliphatic rings. The fourth-order valence-corrected chi connectivity index (χ4v) is 2.63. The minimum absolute atomic E-state index is 0.171. The normalized spacial score (nSPS) is 10.2. The largest absolute Gasteiger partial charge is 0.493 e. The Morgan fingerprint density at radius 1 is 0.966 bits per heavy atom. The summed E-state index contributed by atoms with van der Waals surface area (Å²) in [6.07, 6.45) is 1.84. The van der Waals surface area contributed by atoms with E-state index in [-0.39, 0.29) is 13.0 Å². The molecule has 0 aliphatic carbocycles. The number of carbonyl (C=O) groups is 2. The first-order chi connectivity index (χ1) is 14.1. The summed E-state index contributed by atoms with van der Waals surface area (Å²) in [5, 5.41) is 11.4. The van der Waals surface area contributed by atoms with E-state index in [1.165, 1.54) is 0 Å². The second kappa shape index (κ2) is 12.3. The first-order valence-electron chi connectivity index (χ1n) is 9.54. The van der Waals surface area contributed by atoms with Gasteiger partial charge in [0.05, 0.1) is 13.7 Å². The van der Waals surface area contributed by atoms with E-state index in [1.807, 2.05) is 42.5 Å². The fourth-order valence-electron chi connectivity index (χ4n) is 2.63. The topological polar surface area (TPSA) is 94.1 Å². The molecule has 2 rings (SSSR count). The molecule has 0 heterocycles. The average Bonchev–Trinajstić information content (AvgIpc) is 2.73. The Bertz CT molecular complexity index is 778. The fraction of sp³-hybridized carbons (Fsp3) is 0.364. The molecule has 156 valence electrons. The lowest BCUT2D eigenvalue weighted by Gasteiger charge is -2.13. The minimum atomic E-state index is -0.782. The number of rotatable bonds is 12. The summed E-state index contributed by atoms with van der Waals surface area (Å²) in [7, 11) is 1.56. The van der Waals surface area contributed by atoms with Gasteiger partial charge in [-0.15, -0.1) is 0 Å². The first-order valence-corrected chi connectivity index (χ1v) is 9.54. The summed E-state index contributed by atoms with van der Waals surface area (Å²) in [6.45, 7) is 0.976. The van der Waals surface area contributed by atoms with Gasteiger partial charge in [-0.25, -0.2) is 4.79 Å². The van der Waals surface area contributed by atoms with E-state index in [0.29, 0.717) is 31.1 Å². The van der Waals surface area contributed by atoms with Gasteiger partial charge in [0.1, 0.15) is 6.61 Å². The van der Waals surface area contributed by atoms with E-state index < -0.39 is 12.1 Å². The second-order valence-corrected chi connectivity index (χ2v) is 6.45. The number of aliphatic carboxylic acids is 1. The quantitative estimate of drug-likeness (QED) is 0.519. The van der Waals surface area contributed by atoms with E-state index >= 15 is 0 Å². The van der Waals surface area contributed by atoms with E-state index in [9.17, 15) is 9.59 Å². The Morgan fingerprint density at radius 3 is 2.48 bits per heavy atom. The molecule has 2 aromatic rings. The van der Waals surface area contributed by atoms with Gasteiger partial charge >= 0.3 is 12.1 Å². The number of hydrogen-bond donors (Lipinski definition) is 2. The van der Waals surface area contributed by atoms with Crippen LogP contribution in [-0.2, 0) is 22.7 Å². The number of ether oxygens (including phenoxy) is 3. The number of unbranched alkanes of at least 4 members (excludes halogenated alkanes) is 2. The zero-order valence-electron chi connectivity index (χ0n) is 16.6. The zero-order valence-corrected chi connectivity index (χ0v) is 16.6. The van der Waals surface area contributed by atoms with Crippen molar-refractivity contribution in [1.29, 1.82) is 0 Å². The van der Waals surface area contributed by atoms with Crippen molar-refractivity contribution < 1.29 is 28.9 Å². The number of carboxylic acid groups (broad SMARTS) is 1. The van der Waals surface area contributed by atoms with Gasteiger partial charge in [-0.3, -0.25) is 4.79 Å². The van der Waals surface area contributed by atoms with Crippen molar-refractivity contribution in [3.63, 3.8) is 0 Å². The monoisotopic (exact) mass is 401 g/mol. The van der Waals surface area contributed by atoms with Crippen LogP contribution in [0.2, 0.25) is 0 Å². The highest BCUT2D eigenvalue weighted by Crippen LogP contribution is 2.28. The maximum absolute atomic E-state index is 11.9. The standard InChI is InChI=1S/C22H27NO6/c1-27-19-12-11-18(14-20(19)28-13-7-3-6-10-21(24)25)15-23-22(26)29-16-17-8-4-2-5-9-17/h2,4-5,8-9,11-12,14H,3,6-7,10,13,15-16H2,1H3,(H,23,26)(H,24,25). The third-order valence-electron chi connectivity index (χ3n) is 4.17. The van der Waals surface area contributed by atoms with Gasteiger partial charge in [0.2, 0.25) is 0 Å². The Kier molecular flexibility index (Phi) is 9.35. The van der Waals surface area contributed by atoms with E-state index in [0.717, 1.165) is 24.0 Å². The molecular weight excluding hydrogens is 374 g/mol. The van der Waals surface area contributed by atoms with Crippen LogP contribution in [0.15, 0.2) is 48.5 Å². The zero-order chi connectivity index (χ0) is 20.9. The number of carboxylic acids is 1. The number of benzene rings is 2. The van der Waals surface area contributed by atoms with Gasteiger partial charge in [0, 0.05) is 13.0 Å². The van der Waals surface area contributed by atoms with Crippen LogP contribution in [0, 0.1) is 0 Å². The maximum atomic E-state index is 11.9. The van der Waals surface area contributed by atoms with Crippen LogP contribution in [0.1, 0.15) is 36.8 Å². The summed E-state index contributed by atoms with van der Waals surface area (Å²) in [5.74, 6) is 0.406. The lowest BCUT2D eigenvalue weighted by atomic mass is 10.2. The smallest absolute Gasteiger partial charge is 0.407 e. The molecule has 0 saturated carbocycles. The van der Waals surface area contributed by atoms with E-state index in [1.54, 1.807) is 13.2 Å². The van der Waals surface area contributed by atoms with Gasteiger partial charge in [-0.2, -0.15) is 0 Å². The molecule has 0 saturated heterocycles.